The lowest BCUT2D eigenvalue weighted by atomic mass is 10.0. The number of benzene rings is 4. The maximum absolute atomic E-state index is 14.6. The van der Waals surface area contributed by atoms with E-state index >= 15 is 0 Å². The number of carbonyl (C=O) groups excluding carboxylic acids is 2. The van der Waals surface area contributed by atoms with Crippen molar-refractivity contribution in [3.63, 3.8) is 0 Å². The van der Waals surface area contributed by atoms with Crippen LogP contribution in [0.15, 0.2) is 108 Å². The molecule has 0 aliphatic carbocycles. The van der Waals surface area contributed by atoms with Crippen LogP contribution in [0, 0.1) is 13.8 Å². The summed E-state index contributed by atoms with van der Waals surface area (Å²) < 4.78 is 35.0. The second kappa shape index (κ2) is 14.9. The highest BCUT2D eigenvalue weighted by Crippen LogP contribution is 2.28. The van der Waals surface area contributed by atoms with Crippen molar-refractivity contribution in [2.45, 2.75) is 57.6 Å². The molecule has 0 aromatic heterocycles. The van der Waals surface area contributed by atoms with Crippen LogP contribution < -0.4 is 14.4 Å². The minimum Gasteiger partial charge on any atom is -0.497 e. The number of ether oxygens (including phenoxy) is 1. The second-order valence-corrected chi connectivity index (χ2v) is 13.2. The van der Waals surface area contributed by atoms with Crippen molar-refractivity contribution in [2.75, 3.05) is 18.0 Å². The Kier molecular flexibility index (Phi) is 11.0. The molecule has 0 aliphatic heterocycles. The lowest BCUT2D eigenvalue weighted by Crippen LogP contribution is -2.54. The third-order valence-corrected chi connectivity index (χ3v) is 9.24. The van der Waals surface area contributed by atoms with E-state index in [1.807, 2.05) is 75.4 Å². The lowest BCUT2D eigenvalue weighted by molar-refractivity contribution is -0.140. The molecule has 0 radical (unpaired) electrons. The summed E-state index contributed by atoms with van der Waals surface area (Å²) in [5.74, 6) is -0.236. The van der Waals surface area contributed by atoms with Gasteiger partial charge in [0.2, 0.25) is 11.8 Å². The molecule has 0 saturated carbocycles. The highest BCUT2D eigenvalue weighted by molar-refractivity contribution is 7.92. The van der Waals surface area contributed by atoms with E-state index in [1.54, 1.807) is 62.6 Å². The number of hydrogen-bond acceptors (Lipinski definition) is 5. The van der Waals surface area contributed by atoms with Crippen LogP contribution in [0.2, 0.25) is 0 Å². The molecule has 2 amide bonds. The molecule has 4 rings (SSSR count). The van der Waals surface area contributed by atoms with Gasteiger partial charge >= 0.3 is 0 Å². The summed E-state index contributed by atoms with van der Waals surface area (Å²) in [5, 5.41) is 2.97. The fourth-order valence-corrected chi connectivity index (χ4v) is 6.57. The number of methoxy groups -OCH3 is 1. The standard InChI is InChI=1S/C36H41N3O5S/c1-26(2)37-36(41)34(23-29-13-7-6-8-14-29)38(24-30-15-11-16-31(22-30)44-5)35(40)25-39(33-17-10-9-12-28(33)4)45(42,43)32-20-18-27(3)19-21-32/h6-22,26,34H,23-25H2,1-5H3,(H,37,41)/t34-/m0/s1. The molecule has 236 valence electrons. The van der Waals surface area contributed by atoms with Gasteiger partial charge in [0.1, 0.15) is 18.3 Å². The average molecular weight is 628 g/mol. The largest absolute Gasteiger partial charge is 0.497 e. The topological polar surface area (TPSA) is 96.0 Å². The zero-order valence-electron chi connectivity index (χ0n) is 26.4. The summed E-state index contributed by atoms with van der Waals surface area (Å²) >= 11 is 0. The number of amides is 2. The first-order valence-corrected chi connectivity index (χ1v) is 16.4. The quantitative estimate of drug-likeness (QED) is 0.206. The van der Waals surface area contributed by atoms with Gasteiger partial charge in [-0.1, -0.05) is 78.4 Å². The molecule has 0 heterocycles. The van der Waals surface area contributed by atoms with Crippen molar-refractivity contribution >= 4 is 27.5 Å². The Morgan fingerprint density at radius 1 is 0.822 bits per heavy atom. The van der Waals surface area contributed by atoms with Crippen LogP contribution in [-0.2, 0) is 32.6 Å². The molecule has 0 spiro atoms. The van der Waals surface area contributed by atoms with Gasteiger partial charge in [-0.3, -0.25) is 13.9 Å². The predicted octanol–water partition coefficient (Wildman–Crippen LogP) is 5.67. The van der Waals surface area contributed by atoms with Gasteiger partial charge in [-0.15, -0.1) is 0 Å². The highest BCUT2D eigenvalue weighted by atomic mass is 32.2. The molecule has 0 saturated heterocycles. The second-order valence-electron chi connectivity index (χ2n) is 11.4. The number of nitrogens with zero attached hydrogens (tertiary/aromatic N) is 2. The van der Waals surface area contributed by atoms with Crippen LogP contribution in [0.4, 0.5) is 5.69 Å². The van der Waals surface area contributed by atoms with Crippen LogP contribution in [0.5, 0.6) is 5.75 Å². The first kappa shape index (κ1) is 33.3. The molecule has 4 aromatic carbocycles. The average Bonchev–Trinajstić information content (AvgIpc) is 3.02. The maximum atomic E-state index is 14.6. The van der Waals surface area contributed by atoms with Gasteiger partial charge in [-0.2, -0.15) is 0 Å². The SMILES string of the molecule is COc1cccc(CN(C(=O)CN(c2ccccc2C)S(=O)(=O)c2ccc(C)cc2)[C@@H](Cc2ccccc2)C(=O)NC(C)C)c1. The van der Waals surface area contributed by atoms with Crippen LogP contribution in [0.1, 0.15) is 36.1 Å². The molecule has 9 heteroatoms. The number of nitrogens with one attached hydrogen (secondary N) is 1. The fourth-order valence-electron chi connectivity index (χ4n) is 5.10. The highest BCUT2D eigenvalue weighted by Gasteiger charge is 2.35. The number of hydrogen-bond donors (Lipinski definition) is 1. The summed E-state index contributed by atoms with van der Waals surface area (Å²) in [4.78, 5) is 29.9. The summed E-state index contributed by atoms with van der Waals surface area (Å²) in [7, 11) is -2.60. The normalized spacial score (nSPS) is 12.0. The lowest BCUT2D eigenvalue weighted by Gasteiger charge is -2.34. The van der Waals surface area contributed by atoms with Crippen LogP contribution >= 0.6 is 0 Å². The van der Waals surface area contributed by atoms with Crippen LogP contribution in [0.25, 0.3) is 0 Å². The first-order chi connectivity index (χ1) is 21.5. The molecule has 0 fully saturated rings. The summed E-state index contributed by atoms with van der Waals surface area (Å²) in [6.07, 6.45) is 0.240. The van der Waals surface area contributed by atoms with Crippen molar-refractivity contribution in [1.82, 2.24) is 10.2 Å². The Morgan fingerprint density at radius 2 is 1.47 bits per heavy atom. The van der Waals surface area contributed by atoms with Crippen molar-refractivity contribution in [3.05, 3.63) is 125 Å². The predicted molar refractivity (Wildman–Crippen MR) is 178 cm³/mol. The molecule has 0 unspecified atom stereocenters. The Morgan fingerprint density at radius 3 is 2.11 bits per heavy atom. The molecule has 4 aromatic rings. The van der Waals surface area contributed by atoms with E-state index < -0.39 is 28.5 Å². The third kappa shape index (κ3) is 8.51. The number of sulfonamides is 1. The molecular weight excluding hydrogens is 586 g/mol. The third-order valence-electron chi connectivity index (χ3n) is 7.46. The van der Waals surface area contributed by atoms with Gasteiger partial charge in [-0.05, 0) is 74.7 Å². The van der Waals surface area contributed by atoms with E-state index in [-0.39, 0.29) is 29.8 Å². The minimum absolute atomic E-state index is 0.0608. The van der Waals surface area contributed by atoms with E-state index in [4.69, 9.17) is 4.74 Å². The molecule has 1 N–H and O–H groups in total. The van der Waals surface area contributed by atoms with Crippen molar-refractivity contribution < 1.29 is 22.7 Å². The van der Waals surface area contributed by atoms with Gasteiger partial charge in [0.25, 0.3) is 10.0 Å². The van der Waals surface area contributed by atoms with Crippen LogP contribution in [-0.4, -0.2) is 50.9 Å². The number of para-hydroxylation sites is 1. The Balaban J connectivity index is 1.82. The van der Waals surface area contributed by atoms with E-state index in [0.717, 1.165) is 21.0 Å². The fraction of sp³-hybridized carbons (Fsp3) is 0.278. The maximum Gasteiger partial charge on any atom is 0.264 e. The molecular formula is C36H41N3O5S. The first-order valence-electron chi connectivity index (χ1n) is 14.9. The Hall–Kier alpha value is -4.63. The van der Waals surface area contributed by atoms with E-state index in [9.17, 15) is 18.0 Å². The van der Waals surface area contributed by atoms with Crippen molar-refractivity contribution in [2.24, 2.45) is 0 Å². The Labute approximate surface area is 266 Å². The minimum atomic E-state index is -4.16. The summed E-state index contributed by atoms with van der Waals surface area (Å²) in [6.45, 7) is 6.96. The van der Waals surface area contributed by atoms with Gasteiger partial charge in [0, 0.05) is 19.0 Å². The molecule has 1 atom stereocenters. The summed E-state index contributed by atoms with van der Waals surface area (Å²) in [5.41, 5.74) is 3.60. The van der Waals surface area contributed by atoms with Gasteiger partial charge in [0.15, 0.2) is 0 Å². The van der Waals surface area contributed by atoms with E-state index in [1.165, 1.54) is 4.90 Å². The van der Waals surface area contributed by atoms with Gasteiger partial charge in [0.05, 0.1) is 17.7 Å². The van der Waals surface area contributed by atoms with Crippen LogP contribution in [0.3, 0.4) is 0 Å². The van der Waals surface area contributed by atoms with E-state index in [2.05, 4.69) is 5.32 Å². The zero-order chi connectivity index (χ0) is 32.6. The zero-order valence-corrected chi connectivity index (χ0v) is 27.3. The number of rotatable bonds is 13. The number of anilines is 1. The van der Waals surface area contributed by atoms with Crippen molar-refractivity contribution in [3.8, 4) is 5.75 Å². The molecule has 0 bridgehead atoms. The number of aryl methyl sites for hydroxylation is 2. The van der Waals surface area contributed by atoms with E-state index in [0.29, 0.717) is 17.0 Å². The summed E-state index contributed by atoms with van der Waals surface area (Å²) in [6, 6.07) is 29.3. The van der Waals surface area contributed by atoms with Gasteiger partial charge < -0.3 is 15.0 Å². The monoisotopic (exact) mass is 627 g/mol. The van der Waals surface area contributed by atoms with Crippen molar-refractivity contribution in [1.29, 1.82) is 0 Å². The molecule has 0 aliphatic rings. The Bertz CT molecular complexity index is 1710. The smallest absolute Gasteiger partial charge is 0.264 e. The molecule has 45 heavy (non-hydrogen) atoms. The van der Waals surface area contributed by atoms with Gasteiger partial charge in [-0.25, -0.2) is 8.42 Å². The molecule has 8 nitrogen and oxygen atoms in total. The number of carbonyl (C=O) groups is 2.